The second-order valence-electron chi connectivity index (χ2n) is 1.23. The molecule has 42 valence electrons. The van der Waals surface area contributed by atoms with Crippen molar-refractivity contribution in [3.8, 4) is 0 Å². The van der Waals surface area contributed by atoms with E-state index in [1.807, 2.05) is 0 Å². The van der Waals surface area contributed by atoms with E-state index in [-0.39, 0.29) is 12.7 Å². The Labute approximate surface area is 41.9 Å². The summed E-state index contributed by atoms with van der Waals surface area (Å²) in [5, 5.41) is 8.18. The summed E-state index contributed by atoms with van der Waals surface area (Å²) in [5.41, 5.74) is 0. The van der Waals surface area contributed by atoms with Crippen LogP contribution in [0, 0.1) is 0 Å². The molecular weight excluding hydrogens is 96.0 g/mol. The van der Waals surface area contributed by atoms with Crippen molar-refractivity contribution < 1.29 is 14.6 Å². The quantitative estimate of drug-likeness (QED) is 0.493. The van der Waals surface area contributed by atoms with Crippen molar-refractivity contribution in [2.75, 3.05) is 6.61 Å². The predicted molar refractivity (Wildman–Crippen MR) is 23.7 cm³/mol. The minimum Gasteiger partial charge on any atom is -0.462 e. The number of carbonyl (C=O) groups is 1. The van der Waals surface area contributed by atoms with Crippen LogP contribution in [0.25, 0.3) is 0 Å². The third-order valence-corrected chi connectivity index (χ3v) is 0.545. The van der Waals surface area contributed by atoms with E-state index in [0.29, 0.717) is 6.47 Å². The van der Waals surface area contributed by atoms with Crippen LogP contribution < -0.4 is 0 Å². The molecule has 0 fully saturated rings. The van der Waals surface area contributed by atoms with E-state index in [9.17, 15) is 4.79 Å². The van der Waals surface area contributed by atoms with Crippen molar-refractivity contribution in [1.29, 1.82) is 0 Å². The molecule has 0 amide bonds. The van der Waals surface area contributed by atoms with Gasteiger partial charge in [-0.05, 0) is 6.92 Å². The summed E-state index contributed by atoms with van der Waals surface area (Å²) in [6.45, 7) is 1.81. The van der Waals surface area contributed by atoms with Crippen molar-refractivity contribution in [2.24, 2.45) is 0 Å². The van der Waals surface area contributed by atoms with Crippen molar-refractivity contribution in [3.05, 3.63) is 0 Å². The second kappa shape index (κ2) is 3.61. The van der Waals surface area contributed by atoms with E-state index in [4.69, 9.17) is 5.11 Å². The summed E-state index contributed by atoms with van der Waals surface area (Å²) in [5.74, 6) is 0. The Kier molecular flexibility index (Phi) is 3.32. The van der Waals surface area contributed by atoms with Gasteiger partial charge in [-0.15, -0.1) is 0 Å². The highest BCUT2D eigenvalue weighted by Gasteiger charge is 1.93. The molecule has 0 aromatic heterocycles. The summed E-state index contributed by atoms with van der Waals surface area (Å²) < 4.78 is 4.26. The van der Waals surface area contributed by atoms with Crippen LogP contribution in [0.3, 0.4) is 0 Å². The Morgan fingerprint density at radius 2 is 2.57 bits per heavy atom. The number of carbonyl (C=O) groups excluding carboxylic acids is 1. The maximum atomic E-state index is 9.44. The average Bonchev–Trinajstić information content (AvgIpc) is 1.68. The smallest absolute Gasteiger partial charge is 0.293 e. The Morgan fingerprint density at radius 1 is 2.00 bits per heavy atom. The van der Waals surface area contributed by atoms with E-state index in [2.05, 4.69) is 4.74 Å². The fourth-order valence-electron chi connectivity index (χ4n) is 0.138. The molecule has 0 aromatic carbocycles. The fourth-order valence-corrected chi connectivity index (χ4v) is 0.138. The minimum absolute atomic E-state index is 0.112. The van der Waals surface area contributed by atoms with Gasteiger partial charge < -0.3 is 9.84 Å². The summed E-state index contributed by atoms with van der Waals surface area (Å²) in [4.78, 5) is 9.44. The lowest BCUT2D eigenvalue weighted by atomic mass is 10.4. The molecule has 0 rings (SSSR count). The van der Waals surface area contributed by atoms with Gasteiger partial charge in [0.25, 0.3) is 6.47 Å². The molecule has 0 aliphatic rings. The molecule has 0 aliphatic carbocycles. The van der Waals surface area contributed by atoms with E-state index >= 15 is 0 Å². The van der Waals surface area contributed by atoms with Gasteiger partial charge in [0.05, 0.1) is 6.61 Å². The second-order valence-corrected chi connectivity index (χ2v) is 1.23. The number of hydrogen-bond acceptors (Lipinski definition) is 3. The molecule has 1 N–H and O–H groups in total. The van der Waals surface area contributed by atoms with Gasteiger partial charge in [0.2, 0.25) is 0 Å². The monoisotopic (exact) mass is 104 g/mol. The third kappa shape index (κ3) is 3.26. The summed E-state index contributed by atoms with van der Waals surface area (Å²) >= 11 is 0. The number of aliphatic hydroxyl groups excluding tert-OH is 1. The number of aliphatic hydroxyl groups is 1. The zero-order valence-corrected chi connectivity index (χ0v) is 4.13. The maximum Gasteiger partial charge on any atom is 0.293 e. The standard InChI is InChI=1S/C4H8O3/c1-4(2-5)7-3-6/h3-5H,2H2,1H3. The van der Waals surface area contributed by atoms with Crippen LogP contribution in [-0.4, -0.2) is 24.3 Å². The molecule has 0 heterocycles. The van der Waals surface area contributed by atoms with Gasteiger partial charge in [0, 0.05) is 0 Å². The molecule has 0 radical (unpaired) electrons. The van der Waals surface area contributed by atoms with Crippen LogP contribution in [0.1, 0.15) is 6.92 Å². The van der Waals surface area contributed by atoms with Gasteiger partial charge in [0.15, 0.2) is 0 Å². The lowest BCUT2D eigenvalue weighted by Crippen LogP contribution is -2.10. The molecule has 1 unspecified atom stereocenters. The van der Waals surface area contributed by atoms with Crippen LogP contribution in [0.15, 0.2) is 0 Å². The van der Waals surface area contributed by atoms with E-state index in [1.165, 1.54) is 0 Å². The van der Waals surface area contributed by atoms with Crippen LogP contribution >= 0.6 is 0 Å². The Bertz CT molecular complexity index is 52.9. The number of rotatable bonds is 3. The zero-order valence-electron chi connectivity index (χ0n) is 4.13. The molecule has 3 nitrogen and oxygen atoms in total. The first kappa shape index (κ1) is 6.43. The van der Waals surface area contributed by atoms with Crippen molar-refractivity contribution in [1.82, 2.24) is 0 Å². The first-order valence-corrected chi connectivity index (χ1v) is 2.01. The molecular formula is C4H8O3. The summed E-state index contributed by atoms with van der Waals surface area (Å²) in [7, 11) is 0. The average molecular weight is 104 g/mol. The molecule has 1 atom stereocenters. The number of hydrogen-bond donors (Lipinski definition) is 1. The van der Waals surface area contributed by atoms with Gasteiger partial charge in [-0.2, -0.15) is 0 Å². The highest BCUT2D eigenvalue weighted by Crippen LogP contribution is 1.81. The SMILES string of the molecule is CC(CO)OC=O. The molecule has 0 bridgehead atoms. The van der Waals surface area contributed by atoms with Gasteiger partial charge in [-0.3, -0.25) is 4.79 Å². The Morgan fingerprint density at radius 3 is 2.71 bits per heavy atom. The molecule has 3 heteroatoms. The summed E-state index contributed by atoms with van der Waals surface area (Å²) in [6.07, 6.45) is -0.363. The van der Waals surface area contributed by atoms with Gasteiger partial charge in [0.1, 0.15) is 6.10 Å². The first-order chi connectivity index (χ1) is 3.31. The molecule has 0 spiro atoms. The Balaban J connectivity index is 2.98. The zero-order chi connectivity index (χ0) is 5.70. The largest absolute Gasteiger partial charge is 0.462 e. The molecule has 0 saturated carbocycles. The third-order valence-electron chi connectivity index (χ3n) is 0.545. The fraction of sp³-hybridized carbons (Fsp3) is 0.750. The van der Waals surface area contributed by atoms with Gasteiger partial charge >= 0.3 is 0 Å². The van der Waals surface area contributed by atoms with E-state index in [0.717, 1.165) is 0 Å². The lowest BCUT2D eigenvalue weighted by molar-refractivity contribution is -0.134. The van der Waals surface area contributed by atoms with Crippen molar-refractivity contribution in [2.45, 2.75) is 13.0 Å². The molecule has 0 aromatic rings. The van der Waals surface area contributed by atoms with Gasteiger partial charge in [-0.25, -0.2) is 0 Å². The van der Waals surface area contributed by atoms with Crippen LogP contribution in [0.2, 0.25) is 0 Å². The normalized spacial score (nSPS) is 12.9. The molecule has 0 aliphatic heterocycles. The van der Waals surface area contributed by atoms with Crippen LogP contribution in [0.4, 0.5) is 0 Å². The minimum atomic E-state index is -0.363. The van der Waals surface area contributed by atoms with Crippen LogP contribution in [0.5, 0.6) is 0 Å². The maximum absolute atomic E-state index is 9.44. The lowest BCUT2D eigenvalue weighted by Gasteiger charge is -2.01. The van der Waals surface area contributed by atoms with Crippen molar-refractivity contribution in [3.63, 3.8) is 0 Å². The Hall–Kier alpha value is -0.570. The summed E-state index contributed by atoms with van der Waals surface area (Å²) in [6, 6.07) is 0. The van der Waals surface area contributed by atoms with Crippen LogP contribution in [-0.2, 0) is 9.53 Å². The van der Waals surface area contributed by atoms with E-state index < -0.39 is 0 Å². The molecule has 7 heavy (non-hydrogen) atoms. The predicted octanol–water partition coefficient (Wildman–Crippen LogP) is -0.460. The molecule has 0 saturated heterocycles. The first-order valence-electron chi connectivity index (χ1n) is 2.01. The van der Waals surface area contributed by atoms with Crippen molar-refractivity contribution >= 4 is 6.47 Å². The number of ether oxygens (including phenoxy) is 1. The van der Waals surface area contributed by atoms with Gasteiger partial charge in [-0.1, -0.05) is 0 Å². The topological polar surface area (TPSA) is 46.5 Å². The highest BCUT2D eigenvalue weighted by molar-refractivity contribution is 5.37. The van der Waals surface area contributed by atoms with E-state index in [1.54, 1.807) is 6.92 Å². The highest BCUT2D eigenvalue weighted by atomic mass is 16.5.